The highest BCUT2D eigenvalue weighted by atomic mass is 19.3. The van der Waals surface area contributed by atoms with Gasteiger partial charge in [0.25, 0.3) is 5.91 Å². The number of amides is 1. The van der Waals surface area contributed by atoms with Crippen LogP contribution in [0.5, 0.6) is 0 Å². The molecule has 118 valence electrons. The zero-order chi connectivity index (χ0) is 16.4. The molecule has 0 saturated heterocycles. The first-order valence-corrected chi connectivity index (χ1v) is 6.18. The largest absolute Gasteiger partial charge is 0.383 e. The number of carbonyl (C=O) groups is 1. The van der Waals surface area contributed by atoms with Gasteiger partial charge in [0.2, 0.25) is 0 Å². The van der Waals surface area contributed by atoms with Crippen molar-refractivity contribution in [2.75, 3.05) is 0 Å². The van der Waals surface area contributed by atoms with Gasteiger partial charge in [-0.1, -0.05) is 32.9 Å². The Bertz CT molecular complexity index is 493. The van der Waals surface area contributed by atoms with Crippen LogP contribution in [0.1, 0.15) is 32.4 Å². The summed E-state index contributed by atoms with van der Waals surface area (Å²) < 4.78 is 63.4. The van der Waals surface area contributed by atoms with Gasteiger partial charge in [0.1, 0.15) is 5.82 Å². The molecule has 0 aliphatic carbocycles. The standard InChI is InChI=1S/C14H16F5NO/c1-13(2,3)10(8-4-6-9(15)7-5-8)20-12(21)14(18,19)11(16)17/h4-7,10-11H,1-3H3,(H,20,21). The van der Waals surface area contributed by atoms with Crippen LogP contribution in [0.25, 0.3) is 0 Å². The van der Waals surface area contributed by atoms with Crippen molar-refractivity contribution in [1.29, 1.82) is 0 Å². The Labute approximate surface area is 119 Å². The highest BCUT2D eigenvalue weighted by Gasteiger charge is 2.50. The van der Waals surface area contributed by atoms with Crippen molar-refractivity contribution in [3.8, 4) is 0 Å². The van der Waals surface area contributed by atoms with Crippen LogP contribution in [0.4, 0.5) is 22.0 Å². The van der Waals surface area contributed by atoms with E-state index >= 15 is 0 Å². The molecule has 1 N–H and O–H groups in total. The lowest BCUT2D eigenvalue weighted by molar-refractivity contribution is -0.171. The van der Waals surface area contributed by atoms with Gasteiger partial charge < -0.3 is 5.32 Å². The Balaban J connectivity index is 3.06. The van der Waals surface area contributed by atoms with Crippen LogP contribution in [0.3, 0.4) is 0 Å². The maximum atomic E-state index is 13.0. The van der Waals surface area contributed by atoms with Gasteiger partial charge in [-0.05, 0) is 23.1 Å². The van der Waals surface area contributed by atoms with Gasteiger partial charge in [-0.15, -0.1) is 0 Å². The Kier molecular flexibility index (Phi) is 4.96. The van der Waals surface area contributed by atoms with Crippen molar-refractivity contribution in [3.63, 3.8) is 0 Å². The smallest absolute Gasteiger partial charge is 0.343 e. The summed E-state index contributed by atoms with van der Waals surface area (Å²) >= 11 is 0. The number of carbonyl (C=O) groups excluding carboxylic acids is 1. The number of rotatable bonds is 4. The molecule has 0 heterocycles. The highest BCUT2D eigenvalue weighted by Crippen LogP contribution is 2.34. The molecule has 0 bridgehead atoms. The summed E-state index contributed by atoms with van der Waals surface area (Å²) in [5.41, 5.74) is -0.381. The number of hydrogen-bond acceptors (Lipinski definition) is 1. The second-order valence-electron chi connectivity index (χ2n) is 5.75. The summed E-state index contributed by atoms with van der Waals surface area (Å²) in [7, 11) is 0. The Morgan fingerprint density at radius 1 is 1.10 bits per heavy atom. The fourth-order valence-electron chi connectivity index (χ4n) is 1.78. The van der Waals surface area contributed by atoms with Gasteiger partial charge in [-0.2, -0.15) is 8.78 Å². The topological polar surface area (TPSA) is 29.1 Å². The van der Waals surface area contributed by atoms with Crippen LogP contribution >= 0.6 is 0 Å². The van der Waals surface area contributed by atoms with Crippen LogP contribution in [0.15, 0.2) is 24.3 Å². The quantitative estimate of drug-likeness (QED) is 0.839. The molecule has 0 saturated carbocycles. The van der Waals surface area contributed by atoms with E-state index in [2.05, 4.69) is 0 Å². The molecule has 2 nitrogen and oxygen atoms in total. The van der Waals surface area contributed by atoms with Gasteiger partial charge in [-0.25, -0.2) is 13.2 Å². The van der Waals surface area contributed by atoms with Crippen molar-refractivity contribution in [1.82, 2.24) is 5.32 Å². The maximum Gasteiger partial charge on any atom is 0.383 e. The molecular weight excluding hydrogens is 293 g/mol. The van der Waals surface area contributed by atoms with Crippen LogP contribution in [-0.2, 0) is 4.79 Å². The van der Waals surface area contributed by atoms with E-state index in [1.54, 1.807) is 20.8 Å². The third kappa shape index (κ3) is 4.15. The number of alkyl halides is 4. The van der Waals surface area contributed by atoms with Crippen molar-refractivity contribution in [3.05, 3.63) is 35.6 Å². The summed E-state index contributed by atoms with van der Waals surface area (Å²) in [6, 6.07) is 3.87. The minimum atomic E-state index is -4.77. The molecule has 1 atom stereocenters. The van der Waals surface area contributed by atoms with Gasteiger partial charge in [0, 0.05) is 0 Å². The molecule has 1 aromatic carbocycles. The molecule has 1 amide bonds. The molecule has 7 heteroatoms. The molecule has 0 fully saturated rings. The van der Waals surface area contributed by atoms with Crippen LogP contribution in [0, 0.1) is 11.2 Å². The van der Waals surface area contributed by atoms with Crippen LogP contribution < -0.4 is 5.32 Å². The average molecular weight is 309 g/mol. The Morgan fingerprint density at radius 2 is 1.57 bits per heavy atom. The van der Waals surface area contributed by atoms with Gasteiger partial charge in [0.15, 0.2) is 0 Å². The average Bonchev–Trinajstić information content (AvgIpc) is 2.35. The first-order chi connectivity index (χ1) is 9.46. The van der Waals surface area contributed by atoms with Crippen molar-refractivity contribution < 1.29 is 26.7 Å². The van der Waals surface area contributed by atoms with Gasteiger partial charge in [0.05, 0.1) is 6.04 Å². The normalized spacial score (nSPS) is 14.1. The highest BCUT2D eigenvalue weighted by molar-refractivity contribution is 5.84. The Morgan fingerprint density at radius 3 is 1.95 bits per heavy atom. The minimum Gasteiger partial charge on any atom is -0.343 e. The van der Waals surface area contributed by atoms with E-state index in [0.29, 0.717) is 5.56 Å². The number of benzene rings is 1. The summed E-state index contributed by atoms with van der Waals surface area (Å²) in [6.45, 7) is 4.92. The van der Waals surface area contributed by atoms with E-state index in [1.807, 2.05) is 5.32 Å². The van der Waals surface area contributed by atoms with Gasteiger partial charge in [-0.3, -0.25) is 4.79 Å². The lowest BCUT2D eigenvalue weighted by Gasteiger charge is -2.33. The molecule has 1 aromatic rings. The summed E-state index contributed by atoms with van der Waals surface area (Å²) in [4.78, 5) is 11.4. The van der Waals surface area contributed by atoms with Crippen molar-refractivity contribution in [2.45, 2.75) is 39.2 Å². The molecule has 0 aliphatic heterocycles. The number of halogens is 5. The second kappa shape index (κ2) is 5.99. The van der Waals surface area contributed by atoms with Gasteiger partial charge >= 0.3 is 12.3 Å². The molecule has 0 aromatic heterocycles. The third-order valence-corrected chi connectivity index (χ3v) is 2.92. The second-order valence-corrected chi connectivity index (χ2v) is 5.75. The summed E-state index contributed by atoms with van der Waals surface area (Å²) in [6.07, 6.45) is -4.09. The van der Waals surface area contributed by atoms with E-state index in [4.69, 9.17) is 0 Å². The van der Waals surface area contributed by atoms with Crippen LogP contribution in [-0.4, -0.2) is 18.3 Å². The van der Waals surface area contributed by atoms with E-state index < -0.39 is 35.5 Å². The lowest BCUT2D eigenvalue weighted by atomic mass is 9.82. The van der Waals surface area contributed by atoms with E-state index in [-0.39, 0.29) is 0 Å². The Hall–Kier alpha value is -1.66. The number of nitrogens with one attached hydrogen (secondary N) is 1. The van der Waals surface area contributed by atoms with Crippen molar-refractivity contribution >= 4 is 5.91 Å². The fourth-order valence-corrected chi connectivity index (χ4v) is 1.78. The fraction of sp³-hybridized carbons (Fsp3) is 0.500. The SMILES string of the molecule is CC(C)(C)C(NC(=O)C(F)(F)C(F)F)c1ccc(F)cc1. The molecule has 0 aliphatic rings. The lowest BCUT2D eigenvalue weighted by Crippen LogP contribution is -2.48. The van der Waals surface area contributed by atoms with E-state index in [1.165, 1.54) is 12.1 Å². The van der Waals surface area contributed by atoms with E-state index in [9.17, 15) is 26.7 Å². The molecule has 1 rings (SSSR count). The predicted octanol–water partition coefficient (Wildman–Crippen LogP) is 3.93. The molecule has 0 spiro atoms. The first-order valence-electron chi connectivity index (χ1n) is 6.18. The zero-order valence-corrected chi connectivity index (χ0v) is 11.8. The number of hydrogen-bond donors (Lipinski definition) is 1. The monoisotopic (exact) mass is 309 g/mol. The minimum absolute atomic E-state index is 0.349. The van der Waals surface area contributed by atoms with Crippen molar-refractivity contribution in [2.24, 2.45) is 5.41 Å². The maximum absolute atomic E-state index is 13.0. The summed E-state index contributed by atoms with van der Waals surface area (Å²) in [5, 5.41) is 1.92. The van der Waals surface area contributed by atoms with E-state index in [0.717, 1.165) is 12.1 Å². The third-order valence-electron chi connectivity index (χ3n) is 2.92. The molecule has 21 heavy (non-hydrogen) atoms. The van der Waals surface area contributed by atoms with Crippen LogP contribution in [0.2, 0.25) is 0 Å². The first kappa shape index (κ1) is 17.4. The molecule has 0 radical (unpaired) electrons. The molecular formula is C14H16F5NO. The summed E-state index contributed by atoms with van der Waals surface area (Å²) in [5.74, 6) is -7.36. The predicted molar refractivity (Wildman–Crippen MR) is 67.7 cm³/mol. The zero-order valence-electron chi connectivity index (χ0n) is 11.8. The molecule has 1 unspecified atom stereocenters.